The molecule has 0 aromatic heterocycles. The molecule has 0 saturated carbocycles. The molecule has 1 aliphatic heterocycles. The van der Waals surface area contributed by atoms with E-state index in [1.807, 2.05) is 20.8 Å². The Labute approximate surface area is 225 Å². The largest absolute Gasteiger partial charge is 0.394 e. The quantitative estimate of drug-likeness (QED) is 0.386. The number of benzene rings is 2. The lowest BCUT2D eigenvalue weighted by Crippen LogP contribution is -2.46. The maximum atomic E-state index is 15.5. The highest BCUT2D eigenvalue weighted by molar-refractivity contribution is 6.31. The number of aliphatic hydroxyl groups excluding tert-OH is 2. The van der Waals surface area contributed by atoms with Crippen LogP contribution in [0.25, 0.3) is 0 Å². The molecule has 6 nitrogen and oxygen atoms in total. The molecular formula is C27H31Cl2F2N3O3. The Morgan fingerprint density at radius 3 is 2.49 bits per heavy atom. The van der Waals surface area contributed by atoms with Gasteiger partial charge in [0.25, 0.3) is 0 Å². The molecule has 5 atom stereocenters. The zero-order valence-corrected chi connectivity index (χ0v) is 22.4. The van der Waals surface area contributed by atoms with Gasteiger partial charge in [-0.2, -0.15) is 5.26 Å². The van der Waals surface area contributed by atoms with Gasteiger partial charge in [-0.1, -0.05) is 56.1 Å². The Morgan fingerprint density at radius 2 is 1.92 bits per heavy atom. The van der Waals surface area contributed by atoms with Gasteiger partial charge in [-0.3, -0.25) is 4.79 Å². The fraction of sp³-hybridized carbons (Fsp3) is 0.481. The minimum atomic E-state index is -1.59. The molecule has 1 aliphatic rings. The molecular weight excluding hydrogens is 523 g/mol. The highest BCUT2D eigenvalue weighted by Gasteiger charge is 2.60. The Balaban J connectivity index is 2.21. The Bertz CT molecular complexity index is 1180. The number of hydrogen-bond acceptors (Lipinski definition) is 5. The summed E-state index contributed by atoms with van der Waals surface area (Å²) in [6.07, 6.45) is -0.484. The van der Waals surface area contributed by atoms with Crippen LogP contribution in [-0.4, -0.2) is 47.5 Å². The van der Waals surface area contributed by atoms with Crippen LogP contribution in [0.1, 0.15) is 50.7 Å². The number of carbonyl (C=O) groups excluding carboxylic acids is 1. The molecule has 200 valence electrons. The van der Waals surface area contributed by atoms with Crippen molar-refractivity contribution < 1.29 is 23.8 Å². The van der Waals surface area contributed by atoms with Crippen LogP contribution in [0.15, 0.2) is 36.4 Å². The molecule has 1 fully saturated rings. The molecule has 4 N–H and O–H groups in total. The first-order valence-corrected chi connectivity index (χ1v) is 12.7. The second-order valence-corrected chi connectivity index (χ2v) is 11.5. The fourth-order valence-electron chi connectivity index (χ4n) is 5.10. The van der Waals surface area contributed by atoms with Gasteiger partial charge in [-0.05, 0) is 48.1 Å². The van der Waals surface area contributed by atoms with Crippen molar-refractivity contribution >= 4 is 29.1 Å². The minimum absolute atomic E-state index is 0.0639. The molecule has 0 bridgehead atoms. The summed E-state index contributed by atoms with van der Waals surface area (Å²) in [4.78, 5) is 13.5. The summed E-state index contributed by atoms with van der Waals surface area (Å²) in [5.41, 5.74) is -1.45. The predicted octanol–water partition coefficient (Wildman–Crippen LogP) is 4.45. The summed E-state index contributed by atoms with van der Waals surface area (Å²) in [6, 6.07) is 8.68. The number of carbonyl (C=O) groups is 1. The van der Waals surface area contributed by atoms with E-state index in [0.717, 1.165) is 12.1 Å². The van der Waals surface area contributed by atoms with E-state index in [9.17, 15) is 19.6 Å². The van der Waals surface area contributed by atoms with Crippen LogP contribution in [0.5, 0.6) is 0 Å². The number of nitriles is 1. The second kappa shape index (κ2) is 11.6. The number of nitrogens with zero attached hydrogens (tertiary/aromatic N) is 1. The van der Waals surface area contributed by atoms with Gasteiger partial charge in [-0.15, -0.1) is 0 Å². The van der Waals surface area contributed by atoms with Gasteiger partial charge >= 0.3 is 0 Å². The van der Waals surface area contributed by atoms with E-state index in [1.165, 1.54) is 24.3 Å². The Kier molecular flexibility index (Phi) is 9.20. The fourth-order valence-corrected chi connectivity index (χ4v) is 5.44. The van der Waals surface area contributed by atoms with Crippen LogP contribution in [0.4, 0.5) is 8.78 Å². The smallest absolute Gasteiger partial charge is 0.237 e. The van der Waals surface area contributed by atoms with Crippen molar-refractivity contribution in [3.63, 3.8) is 0 Å². The number of hydrogen-bond donors (Lipinski definition) is 4. The van der Waals surface area contributed by atoms with Crippen molar-refractivity contribution in [2.75, 3.05) is 13.2 Å². The molecule has 0 unspecified atom stereocenters. The van der Waals surface area contributed by atoms with Crippen LogP contribution < -0.4 is 10.6 Å². The molecule has 0 aliphatic carbocycles. The van der Waals surface area contributed by atoms with Crippen molar-refractivity contribution in [3.05, 3.63) is 69.2 Å². The van der Waals surface area contributed by atoms with Crippen LogP contribution in [0.2, 0.25) is 10.0 Å². The normalized spacial score (nSPS) is 24.5. The van der Waals surface area contributed by atoms with E-state index in [2.05, 4.69) is 16.7 Å². The summed E-state index contributed by atoms with van der Waals surface area (Å²) < 4.78 is 29.6. The first kappa shape index (κ1) is 29.3. The van der Waals surface area contributed by atoms with Crippen molar-refractivity contribution in [1.82, 2.24) is 10.6 Å². The zero-order valence-electron chi connectivity index (χ0n) is 20.9. The number of halogens is 4. The third kappa shape index (κ3) is 6.24. The maximum Gasteiger partial charge on any atom is 0.237 e. The van der Waals surface area contributed by atoms with Crippen LogP contribution in [0, 0.1) is 28.4 Å². The first-order valence-electron chi connectivity index (χ1n) is 12.0. The highest BCUT2D eigenvalue weighted by Crippen LogP contribution is 2.52. The van der Waals surface area contributed by atoms with E-state index in [0.29, 0.717) is 12.0 Å². The van der Waals surface area contributed by atoms with Crippen molar-refractivity contribution in [2.24, 2.45) is 5.41 Å². The summed E-state index contributed by atoms with van der Waals surface area (Å²) in [5, 5.41) is 35.5. The lowest BCUT2D eigenvalue weighted by Gasteiger charge is -2.37. The Morgan fingerprint density at radius 1 is 1.22 bits per heavy atom. The molecule has 2 aromatic rings. The maximum absolute atomic E-state index is 15.5. The Hall–Kier alpha value is -2.28. The van der Waals surface area contributed by atoms with Crippen molar-refractivity contribution in [1.29, 1.82) is 5.26 Å². The van der Waals surface area contributed by atoms with E-state index in [-0.39, 0.29) is 34.0 Å². The summed E-state index contributed by atoms with van der Waals surface area (Å²) in [7, 11) is 0. The lowest BCUT2D eigenvalue weighted by atomic mass is 9.62. The van der Waals surface area contributed by atoms with Gasteiger partial charge in [0.15, 0.2) is 0 Å². The predicted molar refractivity (Wildman–Crippen MR) is 138 cm³/mol. The van der Waals surface area contributed by atoms with E-state index in [1.54, 1.807) is 0 Å². The zero-order chi connectivity index (χ0) is 27.5. The first-order chi connectivity index (χ1) is 17.3. The summed E-state index contributed by atoms with van der Waals surface area (Å²) >= 11 is 12.1. The van der Waals surface area contributed by atoms with Gasteiger partial charge in [0, 0.05) is 29.1 Å². The summed E-state index contributed by atoms with van der Waals surface area (Å²) in [5.74, 6) is -2.80. The van der Waals surface area contributed by atoms with Crippen LogP contribution in [-0.2, 0) is 10.2 Å². The number of aliphatic hydroxyl groups is 2. The SMILES string of the molecule is CC(C)(C)C[C@H]1N[C@H](C(=O)NCC[C@@H](O)CO)[C@@H](c2ccc(F)c(Cl)c2)[C@]1(C#N)c1ccc(Cl)cc1F. The molecule has 2 aromatic carbocycles. The molecule has 1 saturated heterocycles. The van der Waals surface area contributed by atoms with Crippen molar-refractivity contribution in [2.45, 2.75) is 63.1 Å². The number of amides is 1. The third-order valence-electron chi connectivity index (χ3n) is 6.71. The average molecular weight is 554 g/mol. The highest BCUT2D eigenvalue weighted by atomic mass is 35.5. The van der Waals surface area contributed by atoms with E-state index in [4.69, 9.17) is 28.3 Å². The van der Waals surface area contributed by atoms with E-state index < -0.39 is 53.7 Å². The number of rotatable bonds is 8. The van der Waals surface area contributed by atoms with Crippen molar-refractivity contribution in [3.8, 4) is 6.07 Å². The molecule has 0 spiro atoms. The molecule has 37 heavy (non-hydrogen) atoms. The molecule has 10 heteroatoms. The summed E-state index contributed by atoms with van der Waals surface area (Å²) in [6.45, 7) is 5.54. The van der Waals surface area contributed by atoms with Gasteiger partial charge in [0.05, 0.1) is 29.8 Å². The van der Waals surface area contributed by atoms with Crippen LogP contribution in [0.3, 0.4) is 0 Å². The monoisotopic (exact) mass is 553 g/mol. The van der Waals surface area contributed by atoms with Crippen LogP contribution >= 0.6 is 23.2 Å². The molecule has 1 amide bonds. The average Bonchev–Trinajstić information content (AvgIpc) is 3.13. The van der Waals surface area contributed by atoms with Gasteiger partial charge in [-0.25, -0.2) is 8.78 Å². The topological polar surface area (TPSA) is 105 Å². The van der Waals surface area contributed by atoms with E-state index >= 15 is 4.39 Å². The standard InChI is InChI=1S/C27H31Cl2F2N3O3/c1-26(2,3)12-22-27(14-32,18-6-5-16(28)11-21(18)31)23(15-4-7-20(30)19(29)10-15)24(34-22)25(37)33-9-8-17(36)13-35/h4-7,10-11,17,22-24,34-36H,8-9,12-13H2,1-3H3,(H,33,37)/t17-,22-,23-,24+,27-/m1/s1. The molecule has 1 heterocycles. The lowest BCUT2D eigenvalue weighted by molar-refractivity contribution is -0.123. The second-order valence-electron chi connectivity index (χ2n) is 10.6. The molecule has 3 rings (SSSR count). The third-order valence-corrected chi connectivity index (χ3v) is 7.23. The molecule has 0 radical (unpaired) electrons. The van der Waals surface area contributed by atoms with Gasteiger partial charge in [0.2, 0.25) is 5.91 Å². The van der Waals surface area contributed by atoms with Gasteiger partial charge < -0.3 is 20.8 Å². The minimum Gasteiger partial charge on any atom is -0.394 e. The number of nitrogens with one attached hydrogen (secondary N) is 2. The van der Waals surface area contributed by atoms with Gasteiger partial charge in [0.1, 0.15) is 17.0 Å².